The fourth-order valence-electron chi connectivity index (χ4n) is 3.20. The van der Waals surface area contributed by atoms with Crippen LogP contribution in [0, 0.1) is 0 Å². The van der Waals surface area contributed by atoms with Crippen molar-refractivity contribution >= 4 is 22.9 Å². The standard InChI is InChI=1S/C22H19N7O3S/c1-31-15-5-2-4-14(12-15)21-27-26-19-7-8-20(28-29(19)21)32-10-9-23-22(30)17-13-16(24-25-17)18-6-3-11-33-18/h2-8,11-13H,9-10H2,1H3,(H,23,30)(H,24,25). The van der Waals surface area contributed by atoms with Gasteiger partial charge in [-0.15, -0.1) is 26.6 Å². The van der Waals surface area contributed by atoms with Crippen molar-refractivity contribution in [3.63, 3.8) is 0 Å². The third-order valence-corrected chi connectivity index (χ3v) is 5.70. The molecule has 0 fully saturated rings. The number of thiophene rings is 1. The Bertz CT molecular complexity index is 1390. The number of hydrogen-bond acceptors (Lipinski definition) is 8. The number of aromatic nitrogens is 6. The molecule has 1 amide bonds. The van der Waals surface area contributed by atoms with E-state index in [2.05, 4.69) is 30.8 Å². The molecular formula is C22H19N7O3S. The largest absolute Gasteiger partial charge is 0.497 e. The lowest BCUT2D eigenvalue weighted by atomic mass is 10.2. The second kappa shape index (κ2) is 9.09. The molecule has 0 radical (unpaired) electrons. The van der Waals surface area contributed by atoms with Gasteiger partial charge in [-0.05, 0) is 35.7 Å². The fourth-order valence-corrected chi connectivity index (χ4v) is 3.89. The third kappa shape index (κ3) is 4.39. The molecule has 5 aromatic rings. The van der Waals surface area contributed by atoms with Crippen LogP contribution in [0.2, 0.25) is 0 Å². The molecule has 11 heteroatoms. The van der Waals surface area contributed by atoms with Gasteiger partial charge >= 0.3 is 0 Å². The van der Waals surface area contributed by atoms with Gasteiger partial charge in [0.25, 0.3) is 5.91 Å². The topological polar surface area (TPSA) is 119 Å². The van der Waals surface area contributed by atoms with Crippen molar-refractivity contribution in [1.82, 2.24) is 35.3 Å². The predicted molar refractivity (Wildman–Crippen MR) is 122 cm³/mol. The SMILES string of the molecule is COc1cccc(-c2nnc3ccc(OCCNC(=O)c4cc(-c5cccs5)[nH]n4)nn23)c1. The summed E-state index contributed by atoms with van der Waals surface area (Å²) >= 11 is 1.58. The Morgan fingerprint density at radius 1 is 1.15 bits per heavy atom. The Labute approximate surface area is 192 Å². The summed E-state index contributed by atoms with van der Waals surface area (Å²) < 4.78 is 12.6. The lowest BCUT2D eigenvalue weighted by molar-refractivity contribution is 0.0941. The van der Waals surface area contributed by atoms with Gasteiger partial charge in [-0.25, -0.2) is 0 Å². The van der Waals surface area contributed by atoms with Crippen LogP contribution in [-0.2, 0) is 0 Å². The molecule has 1 aromatic carbocycles. The molecule has 0 aliphatic heterocycles. The molecule has 0 saturated heterocycles. The van der Waals surface area contributed by atoms with Gasteiger partial charge < -0.3 is 14.8 Å². The van der Waals surface area contributed by atoms with Crippen molar-refractivity contribution in [1.29, 1.82) is 0 Å². The van der Waals surface area contributed by atoms with Crippen molar-refractivity contribution in [2.45, 2.75) is 0 Å². The monoisotopic (exact) mass is 461 g/mol. The van der Waals surface area contributed by atoms with Gasteiger partial charge in [0.05, 0.1) is 24.2 Å². The van der Waals surface area contributed by atoms with E-state index in [1.165, 1.54) is 0 Å². The second-order valence-corrected chi connectivity index (χ2v) is 7.89. The number of carbonyl (C=O) groups is 1. The highest BCUT2D eigenvalue weighted by atomic mass is 32.1. The number of amides is 1. The first-order valence-electron chi connectivity index (χ1n) is 10.1. The summed E-state index contributed by atoms with van der Waals surface area (Å²) in [6, 6.07) is 16.6. The van der Waals surface area contributed by atoms with Gasteiger partial charge in [0, 0.05) is 11.6 Å². The van der Waals surface area contributed by atoms with Crippen LogP contribution in [0.1, 0.15) is 10.5 Å². The van der Waals surface area contributed by atoms with Crippen LogP contribution in [-0.4, -0.2) is 56.2 Å². The third-order valence-electron chi connectivity index (χ3n) is 4.80. The maximum Gasteiger partial charge on any atom is 0.271 e. The van der Waals surface area contributed by atoms with Crippen molar-refractivity contribution in [2.75, 3.05) is 20.3 Å². The van der Waals surface area contributed by atoms with Crippen LogP contribution in [0.5, 0.6) is 11.6 Å². The zero-order valence-corrected chi connectivity index (χ0v) is 18.4. The maximum atomic E-state index is 12.3. The molecule has 166 valence electrons. The minimum Gasteiger partial charge on any atom is -0.497 e. The Kier molecular flexibility index (Phi) is 5.68. The van der Waals surface area contributed by atoms with E-state index in [0.29, 0.717) is 35.3 Å². The number of ether oxygens (including phenoxy) is 2. The Balaban J connectivity index is 1.21. The smallest absolute Gasteiger partial charge is 0.271 e. The zero-order chi connectivity index (χ0) is 22.6. The highest BCUT2D eigenvalue weighted by Crippen LogP contribution is 2.24. The van der Waals surface area contributed by atoms with Gasteiger partial charge in [0.1, 0.15) is 12.4 Å². The molecule has 0 aliphatic rings. The number of benzene rings is 1. The summed E-state index contributed by atoms with van der Waals surface area (Å²) in [4.78, 5) is 13.4. The first-order valence-corrected chi connectivity index (χ1v) is 11.0. The number of hydrogen-bond donors (Lipinski definition) is 2. The van der Waals surface area contributed by atoms with E-state index in [-0.39, 0.29) is 12.5 Å². The average molecular weight is 462 g/mol. The summed E-state index contributed by atoms with van der Waals surface area (Å²) in [5, 5.41) is 24.6. The maximum absolute atomic E-state index is 12.3. The van der Waals surface area contributed by atoms with E-state index < -0.39 is 0 Å². The number of methoxy groups -OCH3 is 1. The van der Waals surface area contributed by atoms with Gasteiger partial charge in [-0.3, -0.25) is 9.89 Å². The predicted octanol–water partition coefficient (Wildman–Crippen LogP) is 3.06. The van der Waals surface area contributed by atoms with Crippen LogP contribution in [0.3, 0.4) is 0 Å². The van der Waals surface area contributed by atoms with Crippen molar-refractivity contribution in [2.24, 2.45) is 0 Å². The Morgan fingerprint density at radius 3 is 2.94 bits per heavy atom. The number of fused-ring (bicyclic) bond motifs is 1. The minimum absolute atomic E-state index is 0.239. The molecule has 2 N–H and O–H groups in total. The molecule has 0 bridgehead atoms. The molecule has 0 atom stereocenters. The van der Waals surface area contributed by atoms with Crippen molar-refractivity contribution in [3.8, 4) is 33.6 Å². The minimum atomic E-state index is -0.278. The summed E-state index contributed by atoms with van der Waals surface area (Å²) in [6.07, 6.45) is 0. The van der Waals surface area contributed by atoms with E-state index >= 15 is 0 Å². The normalized spacial score (nSPS) is 10.9. The molecule has 0 aliphatic carbocycles. The van der Waals surface area contributed by atoms with E-state index in [1.54, 1.807) is 41.2 Å². The number of aromatic amines is 1. The lowest BCUT2D eigenvalue weighted by Gasteiger charge is -2.07. The molecule has 33 heavy (non-hydrogen) atoms. The fraction of sp³-hybridized carbons (Fsp3) is 0.136. The average Bonchev–Trinajstić information content (AvgIpc) is 3.61. The first-order chi connectivity index (χ1) is 16.2. The summed E-state index contributed by atoms with van der Waals surface area (Å²) in [5.74, 6) is 1.40. The summed E-state index contributed by atoms with van der Waals surface area (Å²) in [6.45, 7) is 0.535. The number of carbonyl (C=O) groups excluding carboxylic acids is 1. The molecule has 0 saturated carbocycles. The molecule has 0 spiro atoms. The quantitative estimate of drug-likeness (QED) is 0.341. The van der Waals surface area contributed by atoms with Crippen LogP contribution in [0.15, 0.2) is 60.0 Å². The molecule has 4 aromatic heterocycles. The van der Waals surface area contributed by atoms with Crippen LogP contribution in [0.25, 0.3) is 27.6 Å². The molecule has 0 unspecified atom stereocenters. The van der Waals surface area contributed by atoms with Crippen LogP contribution < -0.4 is 14.8 Å². The number of nitrogens with one attached hydrogen (secondary N) is 2. The Hall–Kier alpha value is -4.25. The van der Waals surface area contributed by atoms with E-state index in [9.17, 15) is 4.79 Å². The van der Waals surface area contributed by atoms with Gasteiger partial charge in [0.15, 0.2) is 17.2 Å². The highest BCUT2D eigenvalue weighted by Gasteiger charge is 2.13. The first kappa shape index (κ1) is 20.6. The molecule has 4 heterocycles. The van der Waals surface area contributed by atoms with Gasteiger partial charge in [0.2, 0.25) is 5.88 Å². The van der Waals surface area contributed by atoms with Crippen LogP contribution in [0.4, 0.5) is 0 Å². The number of H-pyrrole nitrogens is 1. The molecule has 5 rings (SSSR count). The van der Waals surface area contributed by atoms with Gasteiger partial charge in [-0.2, -0.15) is 9.61 Å². The molecule has 10 nitrogen and oxygen atoms in total. The van der Waals surface area contributed by atoms with Crippen molar-refractivity contribution in [3.05, 3.63) is 65.7 Å². The number of nitrogens with zero attached hydrogens (tertiary/aromatic N) is 5. The highest BCUT2D eigenvalue weighted by molar-refractivity contribution is 7.13. The van der Waals surface area contributed by atoms with E-state index in [4.69, 9.17) is 9.47 Å². The Morgan fingerprint density at radius 2 is 2.09 bits per heavy atom. The second-order valence-electron chi connectivity index (χ2n) is 6.95. The van der Waals surface area contributed by atoms with Gasteiger partial charge in [-0.1, -0.05) is 18.2 Å². The van der Waals surface area contributed by atoms with Crippen LogP contribution >= 0.6 is 11.3 Å². The van der Waals surface area contributed by atoms with Crippen molar-refractivity contribution < 1.29 is 14.3 Å². The zero-order valence-electron chi connectivity index (χ0n) is 17.6. The lowest BCUT2D eigenvalue weighted by Crippen LogP contribution is -2.28. The molecular weight excluding hydrogens is 442 g/mol. The van der Waals surface area contributed by atoms with E-state index in [1.807, 2.05) is 41.8 Å². The van der Waals surface area contributed by atoms with E-state index in [0.717, 1.165) is 16.1 Å². The summed E-state index contributed by atoms with van der Waals surface area (Å²) in [5.41, 5.74) is 2.54. The number of rotatable bonds is 8. The summed E-state index contributed by atoms with van der Waals surface area (Å²) in [7, 11) is 1.61.